The Bertz CT molecular complexity index is 217. The molecule has 1 atom stereocenters. The summed E-state index contributed by atoms with van der Waals surface area (Å²) in [5, 5.41) is 12.1. The van der Waals surface area contributed by atoms with Crippen LogP contribution in [0.2, 0.25) is 0 Å². The van der Waals surface area contributed by atoms with Crippen molar-refractivity contribution in [2.24, 2.45) is 0 Å². The summed E-state index contributed by atoms with van der Waals surface area (Å²) in [5.74, 6) is 0. The molecule has 0 radical (unpaired) electrons. The first kappa shape index (κ1) is 17.3. The zero-order valence-electron chi connectivity index (χ0n) is 11.8. The van der Waals surface area contributed by atoms with Crippen LogP contribution in [-0.4, -0.2) is 52.2 Å². The highest BCUT2D eigenvalue weighted by atomic mass is 16.5. The maximum absolute atomic E-state index is 8.90. The van der Waals surface area contributed by atoms with Crippen molar-refractivity contribution in [3.63, 3.8) is 0 Å². The second-order valence-electron chi connectivity index (χ2n) is 4.36. The fraction of sp³-hybridized carbons (Fsp3) is 0.923. The molecule has 0 aromatic heterocycles. The molecule has 0 saturated heterocycles. The van der Waals surface area contributed by atoms with Gasteiger partial charge >= 0.3 is 0 Å². The monoisotopic (exact) mass is 258 g/mol. The van der Waals surface area contributed by atoms with E-state index in [4.69, 9.17) is 19.5 Å². The van der Waals surface area contributed by atoms with E-state index in [0.717, 1.165) is 12.8 Å². The van der Waals surface area contributed by atoms with Gasteiger partial charge in [0.2, 0.25) is 0 Å². The number of nitriles is 1. The first-order valence-corrected chi connectivity index (χ1v) is 6.50. The normalized spacial score (nSPS) is 12.6. The van der Waals surface area contributed by atoms with Gasteiger partial charge in [-0.2, -0.15) is 5.26 Å². The van der Waals surface area contributed by atoms with Crippen LogP contribution in [0.5, 0.6) is 0 Å². The summed E-state index contributed by atoms with van der Waals surface area (Å²) < 4.78 is 15.6. The first-order valence-electron chi connectivity index (χ1n) is 6.50. The molecular weight excluding hydrogens is 232 g/mol. The summed E-state index contributed by atoms with van der Waals surface area (Å²) in [6.45, 7) is 7.29. The topological polar surface area (TPSA) is 63.5 Å². The molecule has 0 aromatic rings. The number of hydrogen-bond acceptors (Lipinski definition) is 5. The lowest BCUT2D eigenvalue weighted by molar-refractivity contribution is 0.0505. The molecule has 0 rings (SSSR count). The molecule has 0 aliphatic heterocycles. The zero-order valence-corrected chi connectivity index (χ0v) is 11.8. The molecule has 0 heterocycles. The van der Waals surface area contributed by atoms with E-state index in [1.807, 2.05) is 13.8 Å². The average molecular weight is 258 g/mol. The molecule has 0 amide bonds. The van der Waals surface area contributed by atoms with Gasteiger partial charge in [-0.25, -0.2) is 0 Å². The molecule has 0 fully saturated rings. The highest BCUT2D eigenvalue weighted by Gasteiger charge is 2.07. The molecule has 0 aliphatic rings. The van der Waals surface area contributed by atoms with Gasteiger partial charge in [0, 0.05) is 33.0 Å². The summed E-state index contributed by atoms with van der Waals surface area (Å²) in [6, 6.07) is 2.43. The van der Waals surface area contributed by atoms with Gasteiger partial charge in [0.25, 0.3) is 0 Å². The molecule has 1 unspecified atom stereocenters. The van der Waals surface area contributed by atoms with Crippen LogP contribution in [0, 0.1) is 11.3 Å². The minimum atomic E-state index is -0.122. The quantitative estimate of drug-likeness (QED) is 0.535. The molecule has 106 valence electrons. The fourth-order valence-corrected chi connectivity index (χ4v) is 1.40. The molecule has 0 spiro atoms. The van der Waals surface area contributed by atoms with Gasteiger partial charge < -0.3 is 14.2 Å². The molecule has 18 heavy (non-hydrogen) atoms. The van der Waals surface area contributed by atoms with E-state index in [1.54, 1.807) is 7.11 Å². The number of methoxy groups -OCH3 is 1. The predicted molar refractivity (Wildman–Crippen MR) is 70.4 cm³/mol. The van der Waals surface area contributed by atoms with Gasteiger partial charge in [-0.05, 0) is 26.7 Å². The predicted octanol–water partition coefficient (Wildman–Crippen LogP) is 1.34. The first-order chi connectivity index (χ1) is 8.70. The van der Waals surface area contributed by atoms with Gasteiger partial charge in [0.1, 0.15) is 0 Å². The standard InChI is InChI=1S/C13H26N2O3/c1-12(2)15-13(11-14)5-8-17-6-4-7-18-10-9-16-3/h12-13,15H,4-10H2,1-3H3. The van der Waals surface area contributed by atoms with E-state index < -0.39 is 0 Å². The summed E-state index contributed by atoms with van der Waals surface area (Å²) in [7, 11) is 1.66. The minimum absolute atomic E-state index is 0.122. The van der Waals surface area contributed by atoms with Crippen molar-refractivity contribution in [2.45, 2.75) is 38.8 Å². The minimum Gasteiger partial charge on any atom is -0.382 e. The lowest BCUT2D eigenvalue weighted by Gasteiger charge is -2.14. The third kappa shape index (κ3) is 11.8. The lowest BCUT2D eigenvalue weighted by Crippen LogP contribution is -2.34. The Labute approximate surface area is 110 Å². The van der Waals surface area contributed by atoms with Gasteiger partial charge in [-0.3, -0.25) is 5.32 Å². The van der Waals surface area contributed by atoms with Crippen molar-refractivity contribution < 1.29 is 14.2 Å². The Morgan fingerprint density at radius 3 is 2.28 bits per heavy atom. The van der Waals surface area contributed by atoms with Crippen molar-refractivity contribution in [1.82, 2.24) is 5.32 Å². The third-order valence-corrected chi connectivity index (χ3v) is 2.25. The van der Waals surface area contributed by atoms with Gasteiger partial charge in [-0.15, -0.1) is 0 Å². The van der Waals surface area contributed by atoms with Gasteiger partial charge in [-0.1, -0.05) is 0 Å². The average Bonchev–Trinajstić information content (AvgIpc) is 2.35. The Balaban J connectivity index is 3.26. The van der Waals surface area contributed by atoms with Gasteiger partial charge in [0.15, 0.2) is 0 Å². The maximum Gasteiger partial charge on any atom is 0.0976 e. The number of nitrogens with zero attached hydrogens (tertiary/aromatic N) is 1. The second kappa shape index (κ2) is 12.8. The number of hydrogen-bond donors (Lipinski definition) is 1. The van der Waals surface area contributed by atoms with E-state index in [9.17, 15) is 0 Å². The van der Waals surface area contributed by atoms with E-state index in [2.05, 4.69) is 11.4 Å². The van der Waals surface area contributed by atoms with Crippen molar-refractivity contribution >= 4 is 0 Å². The van der Waals surface area contributed by atoms with Crippen LogP contribution < -0.4 is 5.32 Å². The summed E-state index contributed by atoms with van der Waals surface area (Å²) in [5.41, 5.74) is 0. The second-order valence-corrected chi connectivity index (χ2v) is 4.36. The van der Waals surface area contributed by atoms with Crippen LogP contribution in [0.15, 0.2) is 0 Å². The van der Waals surface area contributed by atoms with Crippen molar-refractivity contribution in [3.8, 4) is 6.07 Å². The van der Waals surface area contributed by atoms with Crippen LogP contribution in [0.3, 0.4) is 0 Å². The summed E-state index contributed by atoms with van der Waals surface area (Å²) in [6.07, 6.45) is 1.59. The Kier molecular flexibility index (Phi) is 12.3. The molecule has 0 aromatic carbocycles. The molecule has 5 nitrogen and oxygen atoms in total. The maximum atomic E-state index is 8.90. The Hall–Kier alpha value is -0.670. The van der Waals surface area contributed by atoms with Crippen LogP contribution in [0.1, 0.15) is 26.7 Å². The van der Waals surface area contributed by atoms with Crippen LogP contribution >= 0.6 is 0 Å². The summed E-state index contributed by atoms with van der Waals surface area (Å²) >= 11 is 0. The Morgan fingerprint density at radius 2 is 1.72 bits per heavy atom. The van der Waals surface area contributed by atoms with Crippen LogP contribution in [-0.2, 0) is 14.2 Å². The van der Waals surface area contributed by atoms with Crippen molar-refractivity contribution in [2.75, 3.05) is 40.1 Å². The molecule has 1 N–H and O–H groups in total. The van der Waals surface area contributed by atoms with Crippen molar-refractivity contribution in [1.29, 1.82) is 5.26 Å². The van der Waals surface area contributed by atoms with E-state index in [0.29, 0.717) is 39.1 Å². The molecule has 0 aliphatic carbocycles. The number of rotatable bonds is 12. The third-order valence-electron chi connectivity index (χ3n) is 2.25. The molecular formula is C13H26N2O3. The fourth-order valence-electron chi connectivity index (χ4n) is 1.40. The zero-order chi connectivity index (χ0) is 13.6. The molecule has 0 bridgehead atoms. The van der Waals surface area contributed by atoms with Crippen LogP contribution in [0.25, 0.3) is 0 Å². The van der Waals surface area contributed by atoms with E-state index in [1.165, 1.54) is 0 Å². The van der Waals surface area contributed by atoms with Crippen molar-refractivity contribution in [3.05, 3.63) is 0 Å². The number of ether oxygens (including phenoxy) is 3. The lowest BCUT2D eigenvalue weighted by atomic mass is 10.2. The largest absolute Gasteiger partial charge is 0.382 e. The SMILES string of the molecule is COCCOCCCOCCC(C#N)NC(C)C. The molecule has 5 heteroatoms. The Morgan fingerprint density at radius 1 is 1.06 bits per heavy atom. The molecule has 0 saturated carbocycles. The number of nitrogens with one attached hydrogen (secondary N) is 1. The smallest absolute Gasteiger partial charge is 0.0976 e. The van der Waals surface area contributed by atoms with Crippen LogP contribution in [0.4, 0.5) is 0 Å². The summed E-state index contributed by atoms with van der Waals surface area (Å²) in [4.78, 5) is 0. The van der Waals surface area contributed by atoms with Gasteiger partial charge in [0.05, 0.1) is 25.3 Å². The highest BCUT2D eigenvalue weighted by molar-refractivity contribution is 4.90. The highest BCUT2D eigenvalue weighted by Crippen LogP contribution is 1.95. The van der Waals surface area contributed by atoms with E-state index in [-0.39, 0.29) is 6.04 Å². The van der Waals surface area contributed by atoms with E-state index >= 15 is 0 Å².